The maximum absolute atomic E-state index is 12.9. The number of para-hydroxylation sites is 2. The van der Waals surface area contributed by atoms with Gasteiger partial charge in [-0.3, -0.25) is 9.52 Å². The molecule has 3 aromatic carbocycles. The molecule has 0 bridgehead atoms. The third-order valence-electron chi connectivity index (χ3n) is 4.75. The highest BCUT2D eigenvalue weighted by molar-refractivity contribution is 7.92. The number of benzene rings is 3. The van der Waals surface area contributed by atoms with Crippen LogP contribution < -0.4 is 24.2 Å². The minimum absolute atomic E-state index is 0.0459. The number of nitrogens with one attached hydrogen (secondary N) is 2. The van der Waals surface area contributed by atoms with Crippen LogP contribution in [0.4, 0.5) is 11.4 Å². The van der Waals surface area contributed by atoms with Gasteiger partial charge in [-0.15, -0.1) is 0 Å². The van der Waals surface area contributed by atoms with Crippen LogP contribution in [-0.4, -0.2) is 40.8 Å². The lowest BCUT2D eigenvalue weighted by molar-refractivity contribution is -0.115. The Balaban J connectivity index is 1.81. The molecule has 0 fully saturated rings. The number of methoxy groups -OCH3 is 3. The van der Waals surface area contributed by atoms with Crippen LogP contribution in [0.3, 0.4) is 0 Å². The van der Waals surface area contributed by atoms with Crippen molar-refractivity contribution in [3.63, 3.8) is 0 Å². The predicted octanol–water partition coefficient (Wildman–Crippen LogP) is 3.40. The number of sulfonamides is 1. The normalized spacial score (nSPS) is 10.9. The third kappa shape index (κ3) is 5.66. The van der Waals surface area contributed by atoms with Crippen molar-refractivity contribution in [3.8, 4) is 23.0 Å². The van der Waals surface area contributed by atoms with Gasteiger partial charge in [0, 0.05) is 11.6 Å². The number of carbonyl (C=O) groups is 1. The van der Waals surface area contributed by atoms with Gasteiger partial charge in [0.25, 0.3) is 10.0 Å². The van der Waals surface area contributed by atoms with E-state index < -0.39 is 15.9 Å². The number of ether oxygens (including phenoxy) is 3. The van der Waals surface area contributed by atoms with Crippen molar-refractivity contribution in [2.24, 2.45) is 0 Å². The number of phenolic OH excluding ortho intramolecular Hbond substituents is 1. The Bertz CT molecular complexity index is 1260. The summed E-state index contributed by atoms with van der Waals surface area (Å²) in [6.07, 6.45) is -0.0664. The first-order valence-corrected chi connectivity index (χ1v) is 11.3. The highest BCUT2D eigenvalue weighted by atomic mass is 32.2. The van der Waals surface area contributed by atoms with E-state index in [0.29, 0.717) is 22.8 Å². The molecule has 10 heteroatoms. The predicted molar refractivity (Wildman–Crippen MR) is 124 cm³/mol. The van der Waals surface area contributed by atoms with E-state index >= 15 is 0 Å². The molecule has 0 radical (unpaired) electrons. The first-order chi connectivity index (χ1) is 15.8. The van der Waals surface area contributed by atoms with E-state index in [1.54, 1.807) is 42.5 Å². The van der Waals surface area contributed by atoms with E-state index in [1.165, 1.54) is 39.5 Å². The van der Waals surface area contributed by atoms with Crippen molar-refractivity contribution in [1.82, 2.24) is 0 Å². The van der Waals surface area contributed by atoms with E-state index in [1.807, 2.05) is 0 Å². The standard InChI is InChI=1S/C23H24N2O7S/c1-30-16-9-8-15(22(13-16)32-3)12-23(27)24-19-14-17(10-11-20(19)26)33(28,29)25-18-6-4-5-7-21(18)31-2/h4-11,13-14,25-26H,12H2,1-3H3,(H,24,27). The molecular formula is C23H24N2O7S. The molecule has 174 valence electrons. The molecule has 0 saturated heterocycles. The van der Waals surface area contributed by atoms with Crippen LogP contribution in [0.15, 0.2) is 65.6 Å². The molecule has 0 spiro atoms. The summed E-state index contributed by atoms with van der Waals surface area (Å²) in [4.78, 5) is 12.5. The van der Waals surface area contributed by atoms with Crippen LogP contribution in [0.1, 0.15) is 5.56 Å². The van der Waals surface area contributed by atoms with Gasteiger partial charge in [0.1, 0.15) is 23.0 Å². The SMILES string of the molecule is COc1ccc(CC(=O)Nc2cc(S(=O)(=O)Nc3ccccc3OC)ccc2O)c(OC)c1. The molecule has 0 heterocycles. The zero-order chi connectivity index (χ0) is 24.0. The van der Waals surface area contributed by atoms with E-state index in [-0.39, 0.29) is 28.4 Å². The second-order valence-corrected chi connectivity index (χ2v) is 8.57. The Morgan fingerprint density at radius 2 is 1.61 bits per heavy atom. The number of amides is 1. The summed E-state index contributed by atoms with van der Waals surface area (Å²) in [5.41, 5.74) is 0.803. The Morgan fingerprint density at radius 1 is 0.879 bits per heavy atom. The first kappa shape index (κ1) is 23.7. The van der Waals surface area contributed by atoms with Gasteiger partial charge in [-0.25, -0.2) is 8.42 Å². The van der Waals surface area contributed by atoms with Gasteiger partial charge in [0.05, 0.1) is 44.0 Å². The van der Waals surface area contributed by atoms with E-state index in [9.17, 15) is 18.3 Å². The highest BCUT2D eigenvalue weighted by Crippen LogP contribution is 2.31. The Hall–Kier alpha value is -3.92. The average Bonchev–Trinajstić information content (AvgIpc) is 2.80. The van der Waals surface area contributed by atoms with Gasteiger partial charge in [-0.2, -0.15) is 0 Å². The molecule has 0 aliphatic heterocycles. The third-order valence-corrected chi connectivity index (χ3v) is 6.11. The van der Waals surface area contributed by atoms with Crippen LogP contribution in [0.25, 0.3) is 0 Å². The summed E-state index contributed by atoms with van der Waals surface area (Å²) in [6.45, 7) is 0. The highest BCUT2D eigenvalue weighted by Gasteiger charge is 2.19. The van der Waals surface area contributed by atoms with Crippen LogP contribution in [0, 0.1) is 0 Å². The van der Waals surface area contributed by atoms with E-state index in [0.717, 1.165) is 0 Å². The molecule has 3 aromatic rings. The molecule has 1 amide bonds. The number of anilines is 2. The van der Waals surface area contributed by atoms with Crippen LogP contribution in [0.2, 0.25) is 0 Å². The molecule has 0 aliphatic carbocycles. The molecule has 33 heavy (non-hydrogen) atoms. The van der Waals surface area contributed by atoms with Crippen molar-refractivity contribution in [2.45, 2.75) is 11.3 Å². The fourth-order valence-electron chi connectivity index (χ4n) is 3.08. The minimum atomic E-state index is -4.02. The second kappa shape index (κ2) is 10.1. The van der Waals surface area contributed by atoms with Crippen LogP contribution in [0.5, 0.6) is 23.0 Å². The smallest absolute Gasteiger partial charge is 0.262 e. The summed E-state index contributed by atoms with van der Waals surface area (Å²) in [5.74, 6) is 0.643. The second-order valence-electron chi connectivity index (χ2n) is 6.89. The molecule has 0 saturated carbocycles. The van der Waals surface area contributed by atoms with Gasteiger partial charge >= 0.3 is 0 Å². The average molecular weight is 473 g/mol. The summed E-state index contributed by atoms with van der Waals surface area (Å²) in [5, 5.41) is 12.7. The maximum atomic E-state index is 12.9. The molecule has 3 rings (SSSR count). The fraction of sp³-hybridized carbons (Fsp3) is 0.174. The Labute approximate surface area is 192 Å². The Morgan fingerprint density at radius 3 is 2.30 bits per heavy atom. The number of hydrogen-bond donors (Lipinski definition) is 3. The quantitative estimate of drug-likeness (QED) is 0.408. The zero-order valence-electron chi connectivity index (χ0n) is 18.3. The molecule has 0 atom stereocenters. The molecule has 3 N–H and O–H groups in total. The lowest BCUT2D eigenvalue weighted by Gasteiger charge is -2.14. The lowest BCUT2D eigenvalue weighted by Crippen LogP contribution is -2.17. The maximum Gasteiger partial charge on any atom is 0.262 e. The molecule has 0 aliphatic rings. The minimum Gasteiger partial charge on any atom is -0.506 e. The lowest BCUT2D eigenvalue weighted by atomic mass is 10.1. The largest absolute Gasteiger partial charge is 0.506 e. The monoisotopic (exact) mass is 472 g/mol. The van der Waals surface area contributed by atoms with Crippen molar-refractivity contribution < 1.29 is 32.5 Å². The number of rotatable bonds is 9. The fourth-order valence-corrected chi connectivity index (χ4v) is 4.18. The van der Waals surface area contributed by atoms with Crippen molar-refractivity contribution in [3.05, 3.63) is 66.2 Å². The number of hydrogen-bond acceptors (Lipinski definition) is 7. The molecule has 9 nitrogen and oxygen atoms in total. The van der Waals surface area contributed by atoms with Gasteiger partial charge in [-0.1, -0.05) is 18.2 Å². The zero-order valence-corrected chi connectivity index (χ0v) is 19.1. The van der Waals surface area contributed by atoms with Crippen LogP contribution >= 0.6 is 0 Å². The van der Waals surface area contributed by atoms with Crippen LogP contribution in [-0.2, 0) is 21.2 Å². The number of phenols is 1. The number of carbonyl (C=O) groups excluding carboxylic acids is 1. The number of aromatic hydroxyl groups is 1. The van der Waals surface area contributed by atoms with E-state index in [4.69, 9.17) is 14.2 Å². The van der Waals surface area contributed by atoms with Gasteiger partial charge in [0.15, 0.2) is 0 Å². The summed E-state index contributed by atoms with van der Waals surface area (Å²) in [7, 11) is 0.404. The van der Waals surface area contributed by atoms with Gasteiger partial charge in [-0.05, 0) is 36.4 Å². The van der Waals surface area contributed by atoms with Crippen molar-refractivity contribution in [2.75, 3.05) is 31.4 Å². The van der Waals surface area contributed by atoms with Crippen molar-refractivity contribution >= 4 is 27.3 Å². The van der Waals surface area contributed by atoms with Crippen molar-refractivity contribution in [1.29, 1.82) is 0 Å². The summed E-state index contributed by atoms with van der Waals surface area (Å²) in [6, 6.07) is 15.2. The molecule has 0 aromatic heterocycles. The molecule has 0 unspecified atom stereocenters. The topological polar surface area (TPSA) is 123 Å². The van der Waals surface area contributed by atoms with Gasteiger partial charge in [0.2, 0.25) is 5.91 Å². The summed E-state index contributed by atoms with van der Waals surface area (Å²) >= 11 is 0. The Kier molecular flexibility index (Phi) is 7.29. The summed E-state index contributed by atoms with van der Waals surface area (Å²) < 4.78 is 43.8. The van der Waals surface area contributed by atoms with Gasteiger partial charge < -0.3 is 24.6 Å². The molecular weight excluding hydrogens is 448 g/mol. The van der Waals surface area contributed by atoms with E-state index in [2.05, 4.69) is 10.0 Å². The first-order valence-electron chi connectivity index (χ1n) is 9.77.